The summed E-state index contributed by atoms with van der Waals surface area (Å²) in [5, 5.41) is 3.56. The van der Waals surface area contributed by atoms with Crippen LogP contribution >= 0.6 is 11.8 Å². The number of nitrogens with one attached hydrogen (secondary N) is 1. The van der Waals surface area contributed by atoms with E-state index in [1.165, 1.54) is 11.0 Å². The third-order valence-corrected chi connectivity index (χ3v) is 4.77. The molecule has 1 N–H and O–H groups in total. The monoisotopic (exact) mass is 291 g/mol. The van der Waals surface area contributed by atoms with Crippen molar-refractivity contribution >= 4 is 11.8 Å². The van der Waals surface area contributed by atoms with E-state index in [4.69, 9.17) is 4.42 Å². The van der Waals surface area contributed by atoms with Gasteiger partial charge in [0.05, 0.1) is 6.04 Å². The summed E-state index contributed by atoms with van der Waals surface area (Å²) in [7, 11) is 0. The fourth-order valence-electron chi connectivity index (χ4n) is 2.61. The molecule has 2 unspecified atom stereocenters. The largest absolute Gasteiger partial charge is 0.465 e. The predicted molar refractivity (Wildman–Crippen MR) is 79.5 cm³/mol. The van der Waals surface area contributed by atoms with E-state index in [0.29, 0.717) is 0 Å². The summed E-state index contributed by atoms with van der Waals surface area (Å²) in [6.45, 7) is 4.02. The molecule has 0 radical (unpaired) electrons. The van der Waals surface area contributed by atoms with E-state index in [1.54, 1.807) is 17.8 Å². The van der Waals surface area contributed by atoms with Crippen LogP contribution in [0, 0.1) is 12.7 Å². The van der Waals surface area contributed by atoms with Gasteiger partial charge >= 0.3 is 0 Å². The van der Waals surface area contributed by atoms with Gasteiger partial charge in [-0.25, -0.2) is 4.39 Å². The number of furan rings is 1. The standard InChI is InChI=1S/C16H18FNOS/c1-10-3-5-15(19-10)11(2)18-14-7-8-20-16-6-4-12(17)9-13(14)16/h3-6,9,11,14,18H,7-8H2,1-2H3. The molecule has 4 heteroatoms. The number of rotatable bonds is 3. The highest BCUT2D eigenvalue weighted by molar-refractivity contribution is 7.99. The van der Waals surface area contributed by atoms with E-state index in [9.17, 15) is 4.39 Å². The SMILES string of the molecule is Cc1ccc(C(C)NC2CCSc3ccc(F)cc32)o1. The maximum absolute atomic E-state index is 13.5. The minimum Gasteiger partial charge on any atom is -0.465 e. The Kier molecular flexibility index (Phi) is 3.85. The number of fused-ring (bicyclic) bond motifs is 1. The van der Waals surface area contributed by atoms with Crippen LogP contribution in [0.15, 0.2) is 39.6 Å². The normalized spacial score (nSPS) is 19.6. The van der Waals surface area contributed by atoms with E-state index < -0.39 is 0 Å². The second kappa shape index (κ2) is 5.62. The van der Waals surface area contributed by atoms with Crippen molar-refractivity contribution in [3.05, 3.63) is 53.2 Å². The minimum atomic E-state index is -0.167. The highest BCUT2D eigenvalue weighted by Crippen LogP contribution is 2.37. The van der Waals surface area contributed by atoms with Crippen LogP contribution in [0.5, 0.6) is 0 Å². The van der Waals surface area contributed by atoms with Crippen LogP contribution < -0.4 is 5.32 Å². The average molecular weight is 291 g/mol. The fourth-order valence-corrected chi connectivity index (χ4v) is 3.71. The van der Waals surface area contributed by atoms with Gasteiger partial charge in [0.1, 0.15) is 17.3 Å². The van der Waals surface area contributed by atoms with Crippen LogP contribution in [-0.4, -0.2) is 5.75 Å². The number of hydrogen-bond donors (Lipinski definition) is 1. The first kappa shape index (κ1) is 13.7. The van der Waals surface area contributed by atoms with Gasteiger partial charge in [0.25, 0.3) is 0 Å². The Morgan fingerprint density at radius 2 is 2.20 bits per heavy atom. The van der Waals surface area contributed by atoms with Crippen molar-refractivity contribution in [2.45, 2.75) is 37.2 Å². The molecule has 2 atom stereocenters. The molecule has 2 nitrogen and oxygen atoms in total. The molecule has 0 amide bonds. The third-order valence-electron chi connectivity index (χ3n) is 3.65. The van der Waals surface area contributed by atoms with E-state index in [2.05, 4.69) is 12.2 Å². The molecule has 0 spiro atoms. The zero-order chi connectivity index (χ0) is 14.1. The second-order valence-electron chi connectivity index (χ2n) is 5.21. The maximum atomic E-state index is 13.5. The summed E-state index contributed by atoms with van der Waals surface area (Å²) in [4.78, 5) is 1.18. The van der Waals surface area contributed by atoms with Crippen LogP contribution in [0.2, 0.25) is 0 Å². The first-order valence-corrected chi connectivity index (χ1v) is 7.86. The van der Waals surface area contributed by atoms with Gasteiger partial charge in [-0.3, -0.25) is 0 Å². The van der Waals surface area contributed by atoms with Gasteiger partial charge < -0.3 is 9.73 Å². The highest BCUT2D eigenvalue weighted by atomic mass is 32.2. The fraction of sp³-hybridized carbons (Fsp3) is 0.375. The lowest BCUT2D eigenvalue weighted by atomic mass is 10.0. The van der Waals surface area contributed by atoms with Crippen molar-refractivity contribution in [1.29, 1.82) is 0 Å². The Morgan fingerprint density at radius 1 is 1.35 bits per heavy atom. The zero-order valence-electron chi connectivity index (χ0n) is 11.7. The van der Waals surface area contributed by atoms with Gasteiger partial charge in [-0.1, -0.05) is 0 Å². The Labute approximate surface area is 122 Å². The van der Waals surface area contributed by atoms with E-state index in [0.717, 1.165) is 29.3 Å². The molecular formula is C16H18FNOS. The molecule has 0 aliphatic carbocycles. The average Bonchev–Trinajstić information content (AvgIpc) is 2.86. The molecule has 3 rings (SSSR count). The Morgan fingerprint density at radius 3 is 2.95 bits per heavy atom. The van der Waals surface area contributed by atoms with Crippen molar-refractivity contribution in [2.24, 2.45) is 0 Å². The number of benzene rings is 1. The van der Waals surface area contributed by atoms with E-state index in [1.807, 2.05) is 25.1 Å². The molecule has 0 fully saturated rings. The molecule has 1 aromatic heterocycles. The molecule has 1 aliphatic rings. The molecule has 1 aliphatic heterocycles. The number of hydrogen-bond acceptors (Lipinski definition) is 3. The number of halogens is 1. The smallest absolute Gasteiger partial charge is 0.123 e. The van der Waals surface area contributed by atoms with E-state index >= 15 is 0 Å². The van der Waals surface area contributed by atoms with Crippen LogP contribution in [0.25, 0.3) is 0 Å². The van der Waals surface area contributed by atoms with Gasteiger partial charge in [-0.15, -0.1) is 11.8 Å². The molecule has 1 aromatic carbocycles. The molecular weight excluding hydrogens is 273 g/mol. The Hall–Kier alpha value is -1.26. The Balaban J connectivity index is 1.80. The topological polar surface area (TPSA) is 25.2 Å². The molecule has 0 bridgehead atoms. The van der Waals surface area contributed by atoms with Gasteiger partial charge in [-0.05, 0) is 61.9 Å². The zero-order valence-corrected chi connectivity index (χ0v) is 12.5. The van der Waals surface area contributed by atoms with Crippen molar-refractivity contribution in [1.82, 2.24) is 5.32 Å². The van der Waals surface area contributed by atoms with Gasteiger partial charge in [0.15, 0.2) is 0 Å². The third kappa shape index (κ3) is 2.76. The molecule has 2 heterocycles. The second-order valence-corrected chi connectivity index (χ2v) is 6.35. The van der Waals surface area contributed by atoms with Crippen LogP contribution in [-0.2, 0) is 0 Å². The molecule has 0 saturated heterocycles. The highest BCUT2D eigenvalue weighted by Gasteiger charge is 2.23. The summed E-state index contributed by atoms with van der Waals surface area (Å²) in [5.74, 6) is 2.73. The van der Waals surface area contributed by atoms with Crippen LogP contribution in [0.3, 0.4) is 0 Å². The van der Waals surface area contributed by atoms with Gasteiger partial charge in [0.2, 0.25) is 0 Å². The summed E-state index contributed by atoms with van der Waals surface area (Å²) in [6.07, 6.45) is 1.01. The van der Waals surface area contributed by atoms with Crippen molar-refractivity contribution in [3.8, 4) is 0 Å². The van der Waals surface area contributed by atoms with Gasteiger partial charge in [-0.2, -0.15) is 0 Å². The first-order chi connectivity index (χ1) is 9.63. The number of thioether (sulfide) groups is 1. The molecule has 106 valence electrons. The lowest BCUT2D eigenvalue weighted by Gasteiger charge is -2.28. The minimum absolute atomic E-state index is 0.118. The molecule has 0 saturated carbocycles. The maximum Gasteiger partial charge on any atom is 0.123 e. The summed E-state index contributed by atoms with van der Waals surface area (Å²) in [5.41, 5.74) is 1.07. The van der Waals surface area contributed by atoms with Gasteiger partial charge in [0, 0.05) is 10.9 Å². The van der Waals surface area contributed by atoms with Crippen molar-refractivity contribution in [2.75, 3.05) is 5.75 Å². The summed E-state index contributed by atoms with van der Waals surface area (Å²) < 4.78 is 19.1. The Bertz CT molecular complexity index is 610. The van der Waals surface area contributed by atoms with Crippen LogP contribution in [0.4, 0.5) is 4.39 Å². The number of aryl methyl sites for hydroxylation is 1. The quantitative estimate of drug-likeness (QED) is 0.893. The lowest BCUT2D eigenvalue weighted by Crippen LogP contribution is -2.27. The van der Waals surface area contributed by atoms with E-state index in [-0.39, 0.29) is 17.9 Å². The molecule has 2 aromatic rings. The van der Waals surface area contributed by atoms with Crippen molar-refractivity contribution in [3.63, 3.8) is 0 Å². The summed E-state index contributed by atoms with van der Waals surface area (Å²) >= 11 is 1.80. The lowest BCUT2D eigenvalue weighted by molar-refractivity contribution is 0.375. The molecule has 20 heavy (non-hydrogen) atoms. The predicted octanol–water partition coefficient (Wildman–Crippen LogP) is 4.61. The van der Waals surface area contributed by atoms with Crippen LogP contribution in [0.1, 0.15) is 42.5 Å². The van der Waals surface area contributed by atoms with Crippen molar-refractivity contribution < 1.29 is 8.81 Å². The summed E-state index contributed by atoms with van der Waals surface area (Å²) in [6, 6.07) is 9.34. The first-order valence-electron chi connectivity index (χ1n) is 6.88.